The predicted molar refractivity (Wildman–Crippen MR) is 154 cm³/mol. The standard InChI is InChI=1S/C29H36N6O4S/c1-32-11-13-33(14-12-32)10-9-23-3-2-4-25(19-23)24-5-7-27(8-6-24)40(38,39)35-17-15-34(16-18-35)29-30-20-26(21-31-29)28(37)22-36/h2-8,19-21,36H,9-18,22H2,1H3. The highest BCUT2D eigenvalue weighted by Gasteiger charge is 2.29. The Morgan fingerprint density at radius 3 is 2.20 bits per heavy atom. The maximum Gasteiger partial charge on any atom is 0.243 e. The van der Waals surface area contributed by atoms with E-state index in [1.165, 1.54) is 22.3 Å². The lowest BCUT2D eigenvalue weighted by Crippen LogP contribution is -2.49. The fourth-order valence-electron chi connectivity index (χ4n) is 5.08. The van der Waals surface area contributed by atoms with Gasteiger partial charge in [0.05, 0.1) is 10.5 Å². The summed E-state index contributed by atoms with van der Waals surface area (Å²) in [6.07, 6.45) is 3.76. The molecule has 0 atom stereocenters. The second-order valence-corrected chi connectivity index (χ2v) is 12.3. The zero-order valence-corrected chi connectivity index (χ0v) is 23.6. The molecule has 2 aromatic carbocycles. The van der Waals surface area contributed by atoms with E-state index in [1.54, 1.807) is 12.1 Å². The van der Waals surface area contributed by atoms with Crippen molar-refractivity contribution in [1.82, 2.24) is 24.1 Å². The van der Waals surface area contributed by atoms with Crippen molar-refractivity contribution in [3.05, 3.63) is 72.1 Å². The molecule has 10 nitrogen and oxygen atoms in total. The first-order chi connectivity index (χ1) is 19.3. The van der Waals surface area contributed by atoms with Crippen molar-refractivity contribution < 1.29 is 18.3 Å². The highest BCUT2D eigenvalue weighted by molar-refractivity contribution is 7.89. The second-order valence-electron chi connectivity index (χ2n) is 10.4. The third-order valence-electron chi connectivity index (χ3n) is 7.69. The van der Waals surface area contributed by atoms with Crippen LogP contribution in [-0.4, -0.2) is 116 Å². The van der Waals surface area contributed by atoms with Gasteiger partial charge in [-0.25, -0.2) is 18.4 Å². The highest BCUT2D eigenvalue weighted by Crippen LogP contribution is 2.25. The minimum absolute atomic E-state index is 0.244. The Morgan fingerprint density at radius 1 is 0.875 bits per heavy atom. The van der Waals surface area contributed by atoms with Crippen LogP contribution in [0.4, 0.5) is 5.95 Å². The molecule has 0 bridgehead atoms. The van der Waals surface area contributed by atoms with Crippen molar-refractivity contribution in [1.29, 1.82) is 0 Å². The van der Waals surface area contributed by atoms with Crippen LogP contribution in [0.1, 0.15) is 15.9 Å². The van der Waals surface area contributed by atoms with Gasteiger partial charge in [-0.3, -0.25) is 4.79 Å². The van der Waals surface area contributed by atoms with E-state index >= 15 is 0 Å². The van der Waals surface area contributed by atoms with Crippen molar-refractivity contribution in [3.8, 4) is 11.1 Å². The molecule has 0 aliphatic carbocycles. The summed E-state index contributed by atoms with van der Waals surface area (Å²) in [6, 6.07) is 15.6. The maximum atomic E-state index is 13.3. The minimum atomic E-state index is -3.64. The van der Waals surface area contributed by atoms with Crippen LogP contribution in [0, 0.1) is 0 Å². The van der Waals surface area contributed by atoms with Gasteiger partial charge in [0.1, 0.15) is 6.61 Å². The van der Waals surface area contributed by atoms with Crippen molar-refractivity contribution >= 4 is 21.8 Å². The van der Waals surface area contributed by atoms with Crippen LogP contribution < -0.4 is 4.90 Å². The average Bonchev–Trinajstić information content (AvgIpc) is 3.01. The molecule has 3 aromatic rings. The van der Waals surface area contributed by atoms with E-state index < -0.39 is 22.4 Å². The highest BCUT2D eigenvalue weighted by atomic mass is 32.2. The summed E-state index contributed by atoms with van der Waals surface area (Å²) in [6.45, 7) is 6.37. The van der Waals surface area contributed by atoms with E-state index in [1.807, 2.05) is 17.0 Å². The molecule has 0 radical (unpaired) electrons. The van der Waals surface area contributed by atoms with E-state index in [4.69, 9.17) is 5.11 Å². The van der Waals surface area contributed by atoms with Crippen LogP contribution in [0.25, 0.3) is 11.1 Å². The van der Waals surface area contributed by atoms with Crippen molar-refractivity contribution in [2.24, 2.45) is 0 Å². The Morgan fingerprint density at radius 2 is 1.55 bits per heavy atom. The van der Waals surface area contributed by atoms with Gasteiger partial charge in [0.15, 0.2) is 5.78 Å². The third kappa shape index (κ3) is 6.56. The van der Waals surface area contributed by atoms with Crippen LogP contribution in [0.5, 0.6) is 0 Å². The number of carbonyl (C=O) groups is 1. The number of rotatable bonds is 9. The molecule has 2 saturated heterocycles. The molecular weight excluding hydrogens is 528 g/mol. The number of ketones is 1. The van der Waals surface area contributed by atoms with E-state index in [-0.39, 0.29) is 10.5 Å². The van der Waals surface area contributed by atoms with Gasteiger partial charge >= 0.3 is 0 Å². The molecule has 1 aromatic heterocycles. The van der Waals surface area contributed by atoms with Gasteiger partial charge in [0, 0.05) is 71.3 Å². The minimum Gasteiger partial charge on any atom is -0.388 e. The van der Waals surface area contributed by atoms with Crippen LogP contribution in [-0.2, 0) is 16.4 Å². The van der Waals surface area contributed by atoms with Gasteiger partial charge in [0.25, 0.3) is 0 Å². The number of aromatic nitrogens is 2. The van der Waals surface area contributed by atoms with Crippen LogP contribution in [0.15, 0.2) is 65.8 Å². The molecule has 2 aliphatic rings. The van der Waals surface area contributed by atoms with E-state index in [0.717, 1.165) is 50.3 Å². The fraction of sp³-hybridized carbons (Fsp3) is 0.414. The number of sulfonamides is 1. The van der Waals surface area contributed by atoms with Gasteiger partial charge < -0.3 is 19.8 Å². The topological polar surface area (TPSA) is 110 Å². The molecule has 3 heterocycles. The second kappa shape index (κ2) is 12.5. The molecule has 11 heteroatoms. The Bertz CT molecular complexity index is 1400. The first-order valence-electron chi connectivity index (χ1n) is 13.6. The number of nitrogens with zero attached hydrogens (tertiary/aromatic N) is 6. The normalized spacial score (nSPS) is 17.7. The van der Waals surface area contributed by atoms with Crippen LogP contribution in [0.2, 0.25) is 0 Å². The zero-order chi connectivity index (χ0) is 28.1. The van der Waals surface area contributed by atoms with Gasteiger partial charge in [-0.15, -0.1) is 0 Å². The number of aliphatic hydroxyl groups excluding tert-OH is 1. The Labute approximate surface area is 235 Å². The molecule has 212 valence electrons. The van der Waals surface area contributed by atoms with Gasteiger partial charge in [-0.2, -0.15) is 4.31 Å². The number of likely N-dealkylation sites (N-methyl/N-ethyl adjacent to an activating group) is 1. The van der Waals surface area contributed by atoms with Crippen molar-refractivity contribution in [2.45, 2.75) is 11.3 Å². The van der Waals surface area contributed by atoms with Crippen LogP contribution in [0.3, 0.4) is 0 Å². The molecule has 0 unspecified atom stereocenters. The Hall–Kier alpha value is -3.22. The van der Waals surface area contributed by atoms with Crippen LogP contribution >= 0.6 is 0 Å². The Balaban J connectivity index is 1.18. The lowest BCUT2D eigenvalue weighted by molar-refractivity contribution is 0.0903. The fourth-order valence-corrected chi connectivity index (χ4v) is 6.50. The van der Waals surface area contributed by atoms with E-state index in [2.05, 4.69) is 51.1 Å². The van der Waals surface area contributed by atoms with E-state index in [0.29, 0.717) is 32.1 Å². The molecule has 0 saturated carbocycles. The van der Waals surface area contributed by atoms with Gasteiger partial charge in [0.2, 0.25) is 16.0 Å². The monoisotopic (exact) mass is 564 g/mol. The quantitative estimate of drug-likeness (QED) is 0.388. The lowest BCUT2D eigenvalue weighted by Gasteiger charge is -2.34. The molecular formula is C29H36N6O4S. The van der Waals surface area contributed by atoms with Gasteiger partial charge in [-0.1, -0.05) is 36.4 Å². The largest absolute Gasteiger partial charge is 0.388 e. The molecule has 2 fully saturated rings. The SMILES string of the molecule is CN1CCN(CCc2cccc(-c3ccc(S(=O)(=O)N4CCN(c5ncc(C(=O)CO)cn5)CC4)cc3)c2)CC1. The Kier molecular flexibility index (Phi) is 8.87. The first-order valence-corrected chi connectivity index (χ1v) is 15.1. The van der Waals surface area contributed by atoms with Crippen molar-refractivity contribution in [2.75, 3.05) is 77.5 Å². The summed E-state index contributed by atoms with van der Waals surface area (Å²) in [5.74, 6) is -0.0101. The summed E-state index contributed by atoms with van der Waals surface area (Å²) < 4.78 is 28.2. The summed E-state index contributed by atoms with van der Waals surface area (Å²) in [7, 11) is -1.47. The number of Topliss-reactive ketones (excluding diaryl/α,β-unsaturated/α-hetero) is 1. The first kappa shape index (κ1) is 28.3. The predicted octanol–water partition coefficient (Wildman–Crippen LogP) is 1.62. The van der Waals surface area contributed by atoms with Gasteiger partial charge in [-0.05, 0) is 42.3 Å². The molecule has 0 amide bonds. The lowest BCUT2D eigenvalue weighted by atomic mass is 10.0. The summed E-state index contributed by atoms with van der Waals surface area (Å²) in [4.78, 5) is 27.0. The molecule has 40 heavy (non-hydrogen) atoms. The van der Waals surface area contributed by atoms with E-state index in [9.17, 15) is 13.2 Å². The maximum absolute atomic E-state index is 13.3. The molecule has 0 spiro atoms. The number of aliphatic hydroxyl groups is 1. The average molecular weight is 565 g/mol. The summed E-state index contributed by atoms with van der Waals surface area (Å²) >= 11 is 0. The summed E-state index contributed by atoms with van der Waals surface area (Å²) in [5, 5.41) is 8.98. The third-order valence-corrected chi connectivity index (χ3v) is 9.60. The molecule has 5 rings (SSSR count). The zero-order valence-electron chi connectivity index (χ0n) is 22.8. The number of anilines is 1. The molecule has 1 N–H and O–H groups in total. The summed E-state index contributed by atoms with van der Waals surface area (Å²) in [5.41, 5.74) is 3.60. The number of piperazine rings is 2. The number of benzene rings is 2. The number of hydrogen-bond donors (Lipinski definition) is 1. The number of carbonyl (C=O) groups excluding carboxylic acids is 1. The smallest absolute Gasteiger partial charge is 0.243 e. The van der Waals surface area contributed by atoms with Crippen molar-refractivity contribution in [3.63, 3.8) is 0 Å². The number of hydrogen-bond acceptors (Lipinski definition) is 9. The molecule has 2 aliphatic heterocycles.